The molecule has 2 aliphatic heterocycles. The van der Waals surface area contributed by atoms with Crippen LogP contribution < -0.4 is 19.7 Å². The minimum atomic E-state index is -0.756. The molecule has 1 amide bonds. The van der Waals surface area contributed by atoms with E-state index >= 15 is 0 Å². The largest absolute Gasteiger partial charge is 0.486 e. The molecule has 20 heavy (non-hydrogen) atoms. The van der Waals surface area contributed by atoms with E-state index < -0.39 is 5.54 Å². The summed E-state index contributed by atoms with van der Waals surface area (Å²) < 4.78 is 11.1. The van der Waals surface area contributed by atoms with Gasteiger partial charge in [0.1, 0.15) is 25.3 Å². The minimum Gasteiger partial charge on any atom is -0.486 e. The quantitative estimate of drug-likeness (QED) is 0.785. The zero-order valence-corrected chi connectivity index (χ0v) is 11.4. The normalized spacial score (nSPS) is 18.9. The second-order valence-corrected chi connectivity index (χ2v) is 5.31. The molecule has 6 nitrogen and oxygen atoms in total. The second-order valence-electron chi connectivity index (χ2n) is 5.31. The van der Waals surface area contributed by atoms with Crippen LogP contribution in [0.3, 0.4) is 0 Å². The van der Waals surface area contributed by atoms with Gasteiger partial charge in [-0.3, -0.25) is 9.69 Å². The van der Waals surface area contributed by atoms with Crippen LogP contribution in [0, 0.1) is 11.3 Å². The van der Waals surface area contributed by atoms with Gasteiger partial charge < -0.3 is 14.8 Å². The van der Waals surface area contributed by atoms with Crippen LogP contribution in [-0.2, 0) is 4.79 Å². The van der Waals surface area contributed by atoms with Crippen molar-refractivity contribution in [1.29, 1.82) is 5.26 Å². The third kappa shape index (κ3) is 1.83. The highest BCUT2D eigenvalue weighted by atomic mass is 16.6. The lowest BCUT2D eigenvalue weighted by molar-refractivity contribution is -0.122. The molecule has 0 saturated heterocycles. The Labute approximate surface area is 116 Å². The second kappa shape index (κ2) is 4.30. The van der Waals surface area contributed by atoms with Gasteiger partial charge in [0.05, 0.1) is 17.4 Å². The Bertz CT molecular complexity index is 619. The summed E-state index contributed by atoms with van der Waals surface area (Å²) in [7, 11) is 0. The number of hydrogen-bond donors (Lipinski definition) is 1. The number of nitrogens with one attached hydrogen (secondary N) is 1. The van der Waals surface area contributed by atoms with Gasteiger partial charge in [0, 0.05) is 12.1 Å². The van der Waals surface area contributed by atoms with E-state index in [1.807, 2.05) is 12.1 Å². The van der Waals surface area contributed by atoms with Crippen molar-refractivity contribution in [3.05, 3.63) is 12.1 Å². The van der Waals surface area contributed by atoms with Crippen molar-refractivity contribution >= 4 is 17.3 Å². The number of rotatable bonds is 1. The number of hydrogen-bond acceptors (Lipinski definition) is 5. The van der Waals surface area contributed by atoms with Crippen molar-refractivity contribution in [3.63, 3.8) is 0 Å². The summed E-state index contributed by atoms with van der Waals surface area (Å²) >= 11 is 0. The summed E-state index contributed by atoms with van der Waals surface area (Å²) in [4.78, 5) is 13.9. The first-order valence-electron chi connectivity index (χ1n) is 6.44. The number of carbonyl (C=O) groups excluding carboxylic acids is 1. The van der Waals surface area contributed by atoms with Crippen LogP contribution in [0.5, 0.6) is 11.5 Å². The Kier molecular flexibility index (Phi) is 2.71. The number of benzene rings is 1. The predicted molar refractivity (Wildman–Crippen MR) is 73.1 cm³/mol. The molecule has 2 aliphatic rings. The van der Waals surface area contributed by atoms with Crippen molar-refractivity contribution in [3.8, 4) is 17.6 Å². The highest BCUT2D eigenvalue weighted by Crippen LogP contribution is 2.43. The summed E-state index contributed by atoms with van der Waals surface area (Å²) in [5.41, 5.74) is 0.669. The van der Waals surface area contributed by atoms with E-state index in [1.165, 1.54) is 4.90 Å². The molecule has 104 valence electrons. The van der Waals surface area contributed by atoms with Gasteiger partial charge in [-0.1, -0.05) is 0 Å². The van der Waals surface area contributed by atoms with E-state index in [0.29, 0.717) is 30.4 Å². The van der Waals surface area contributed by atoms with E-state index in [9.17, 15) is 4.79 Å². The fraction of sp³-hybridized carbons (Fsp3) is 0.429. The average Bonchev–Trinajstić information content (AvgIpc) is 2.42. The fourth-order valence-electron chi connectivity index (χ4n) is 2.47. The van der Waals surface area contributed by atoms with Crippen LogP contribution >= 0.6 is 0 Å². The monoisotopic (exact) mass is 273 g/mol. The van der Waals surface area contributed by atoms with Gasteiger partial charge in [-0.05, 0) is 13.8 Å². The lowest BCUT2D eigenvalue weighted by atomic mass is 9.97. The van der Waals surface area contributed by atoms with Crippen molar-refractivity contribution in [2.45, 2.75) is 19.4 Å². The molecule has 0 saturated carbocycles. The van der Waals surface area contributed by atoms with Crippen LogP contribution in [-0.4, -0.2) is 31.2 Å². The molecule has 0 fully saturated rings. The van der Waals surface area contributed by atoms with Gasteiger partial charge in [0.15, 0.2) is 11.5 Å². The highest BCUT2D eigenvalue weighted by Gasteiger charge is 2.39. The standard InChI is InChI=1S/C14H15N3O3/c1-14(2)13(18)17(4-3-15)10-8-12-11(7-9(10)16-14)19-5-6-20-12/h7-8,16H,4-6H2,1-2H3. The number of fused-ring (bicyclic) bond motifs is 2. The third-order valence-corrected chi connectivity index (χ3v) is 3.41. The van der Waals surface area contributed by atoms with Gasteiger partial charge in [0.25, 0.3) is 5.91 Å². The maximum absolute atomic E-state index is 12.4. The number of nitriles is 1. The number of carbonyl (C=O) groups is 1. The Morgan fingerprint density at radius 2 is 2.00 bits per heavy atom. The van der Waals surface area contributed by atoms with Crippen LogP contribution in [0.4, 0.5) is 11.4 Å². The zero-order chi connectivity index (χ0) is 14.3. The summed E-state index contributed by atoms with van der Waals surface area (Å²) in [5, 5.41) is 12.1. The van der Waals surface area contributed by atoms with Gasteiger partial charge in [-0.2, -0.15) is 5.26 Å². The molecule has 1 aromatic carbocycles. The molecular formula is C14H15N3O3. The molecule has 0 spiro atoms. The maximum atomic E-state index is 12.4. The van der Waals surface area contributed by atoms with E-state index in [0.717, 1.165) is 5.69 Å². The Morgan fingerprint density at radius 1 is 1.35 bits per heavy atom. The first-order chi connectivity index (χ1) is 9.53. The van der Waals surface area contributed by atoms with Crippen molar-refractivity contribution in [2.24, 2.45) is 0 Å². The molecule has 0 aromatic heterocycles. The topological polar surface area (TPSA) is 74.6 Å². The summed E-state index contributed by atoms with van der Waals surface area (Å²) in [6.45, 7) is 4.59. The Morgan fingerprint density at radius 3 is 2.65 bits per heavy atom. The number of nitrogens with zero attached hydrogens (tertiary/aromatic N) is 2. The molecule has 3 rings (SSSR count). The predicted octanol–water partition coefficient (Wildman–Crippen LogP) is 1.52. The number of ether oxygens (including phenoxy) is 2. The van der Waals surface area contributed by atoms with Gasteiger partial charge in [-0.15, -0.1) is 0 Å². The van der Waals surface area contributed by atoms with Gasteiger partial charge >= 0.3 is 0 Å². The first-order valence-corrected chi connectivity index (χ1v) is 6.44. The van der Waals surface area contributed by atoms with E-state index in [4.69, 9.17) is 14.7 Å². The number of anilines is 2. The zero-order valence-electron chi connectivity index (χ0n) is 11.4. The summed E-state index contributed by atoms with van der Waals surface area (Å²) in [5.74, 6) is 1.13. The molecule has 0 radical (unpaired) electrons. The van der Waals surface area contributed by atoms with Crippen LogP contribution in [0.25, 0.3) is 0 Å². The van der Waals surface area contributed by atoms with Gasteiger partial charge in [0.2, 0.25) is 0 Å². The number of amides is 1. The molecule has 1 N–H and O–H groups in total. The van der Waals surface area contributed by atoms with Crippen molar-refractivity contribution in [1.82, 2.24) is 0 Å². The maximum Gasteiger partial charge on any atom is 0.253 e. The smallest absolute Gasteiger partial charge is 0.253 e. The Balaban J connectivity index is 2.12. The van der Waals surface area contributed by atoms with Gasteiger partial charge in [-0.25, -0.2) is 0 Å². The molecule has 1 aromatic rings. The van der Waals surface area contributed by atoms with Crippen LogP contribution in [0.15, 0.2) is 12.1 Å². The Hall–Kier alpha value is -2.42. The van der Waals surface area contributed by atoms with E-state index in [2.05, 4.69) is 5.32 Å². The van der Waals surface area contributed by atoms with Crippen LogP contribution in [0.1, 0.15) is 13.8 Å². The lowest BCUT2D eigenvalue weighted by Crippen LogP contribution is -2.54. The molecule has 0 atom stereocenters. The van der Waals surface area contributed by atoms with E-state index in [-0.39, 0.29) is 12.5 Å². The molecule has 0 unspecified atom stereocenters. The molecule has 0 bridgehead atoms. The lowest BCUT2D eigenvalue weighted by Gasteiger charge is -2.39. The molecular weight excluding hydrogens is 258 g/mol. The third-order valence-electron chi connectivity index (χ3n) is 3.41. The van der Waals surface area contributed by atoms with Crippen molar-refractivity contribution < 1.29 is 14.3 Å². The summed E-state index contributed by atoms with van der Waals surface area (Å²) in [6, 6.07) is 5.60. The molecule has 0 aliphatic carbocycles. The molecule has 2 heterocycles. The molecule has 6 heteroatoms. The van der Waals surface area contributed by atoms with Crippen LogP contribution in [0.2, 0.25) is 0 Å². The first kappa shape index (κ1) is 12.6. The van der Waals surface area contributed by atoms with Crippen molar-refractivity contribution in [2.75, 3.05) is 30.0 Å². The fourth-order valence-corrected chi connectivity index (χ4v) is 2.47. The van der Waals surface area contributed by atoms with E-state index in [1.54, 1.807) is 19.9 Å². The minimum absolute atomic E-state index is 0.0105. The highest BCUT2D eigenvalue weighted by molar-refractivity contribution is 6.08. The average molecular weight is 273 g/mol. The summed E-state index contributed by atoms with van der Waals surface area (Å²) in [6.07, 6.45) is 0. The SMILES string of the molecule is CC1(C)Nc2cc3c(cc2N(CC#N)C1=O)OCCO3.